The Labute approximate surface area is 90.3 Å². The highest BCUT2D eigenvalue weighted by atomic mass is 32.2. The maximum atomic E-state index is 9.53. The fourth-order valence-corrected chi connectivity index (χ4v) is 2.56. The van der Waals surface area contributed by atoms with Gasteiger partial charge in [0.1, 0.15) is 0 Å². The van der Waals surface area contributed by atoms with Crippen LogP contribution in [0.5, 0.6) is 0 Å². The molecule has 1 saturated carbocycles. The zero-order valence-electron chi connectivity index (χ0n) is 8.61. The summed E-state index contributed by atoms with van der Waals surface area (Å²) in [6.45, 7) is 1.26. The molecule has 14 heavy (non-hydrogen) atoms. The number of hydrogen-bond donors (Lipinski definition) is 3. The number of nitrogens with one attached hydrogen (secondary N) is 1. The Hall–Kier alpha value is 0.230. The van der Waals surface area contributed by atoms with Gasteiger partial charge in [-0.1, -0.05) is 0 Å². The molecule has 3 nitrogen and oxygen atoms in total. The van der Waals surface area contributed by atoms with E-state index in [0.29, 0.717) is 12.6 Å². The molecular formula is C10H21NO2S. The van der Waals surface area contributed by atoms with Gasteiger partial charge in [-0.2, -0.15) is 11.8 Å². The van der Waals surface area contributed by atoms with Crippen LogP contribution in [0.3, 0.4) is 0 Å². The maximum Gasteiger partial charge on any atom is 0.0693 e. The number of aliphatic hydroxyl groups excluding tert-OH is 2. The van der Waals surface area contributed by atoms with E-state index in [1.807, 2.05) is 11.8 Å². The van der Waals surface area contributed by atoms with Crippen LogP contribution in [0.4, 0.5) is 0 Å². The van der Waals surface area contributed by atoms with Gasteiger partial charge in [0.2, 0.25) is 0 Å². The normalized spacial score (nSPS) is 27.0. The van der Waals surface area contributed by atoms with Crippen molar-refractivity contribution in [1.82, 2.24) is 5.32 Å². The lowest BCUT2D eigenvalue weighted by Crippen LogP contribution is -2.36. The molecule has 84 valence electrons. The quantitative estimate of drug-likeness (QED) is 0.549. The molecular weight excluding hydrogens is 198 g/mol. The third-order valence-electron chi connectivity index (χ3n) is 2.58. The number of thioether (sulfide) groups is 1. The predicted octanol–water partition coefficient (Wildman–Crippen LogP) is 0.605. The lowest BCUT2D eigenvalue weighted by molar-refractivity contribution is 0.150. The average Bonchev–Trinajstić information content (AvgIpc) is 2.58. The van der Waals surface area contributed by atoms with Crippen LogP contribution in [0.25, 0.3) is 0 Å². The van der Waals surface area contributed by atoms with Gasteiger partial charge in [-0.25, -0.2) is 0 Å². The fraction of sp³-hybridized carbons (Fsp3) is 1.00. The Kier molecular flexibility index (Phi) is 6.60. The van der Waals surface area contributed by atoms with Gasteiger partial charge in [-0.15, -0.1) is 0 Å². The molecule has 1 rings (SSSR count). The Morgan fingerprint density at radius 3 is 2.79 bits per heavy atom. The summed E-state index contributed by atoms with van der Waals surface area (Å²) in [6.07, 6.45) is 3.97. The van der Waals surface area contributed by atoms with Crippen LogP contribution in [0.15, 0.2) is 0 Å². The molecule has 0 bridgehead atoms. The zero-order chi connectivity index (χ0) is 10.2. The largest absolute Gasteiger partial charge is 0.396 e. The Balaban J connectivity index is 1.88. The van der Waals surface area contributed by atoms with Crippen molar-refractivity contribution >= 4 is 11.8 Å². The van der Waals surface area contributed by atoms with Crippen LogP contribution in [0.1, 0.15) is 25.7 Å². The van der Waals surface area contributed by atoms with Crippen molar-refractivity contribution in [2.24, 2.45) is 0 Å². The van der Waals surface area contributed by atoms with Gasteiger partial charge in [0, 0.05) is 24.9 Å². The van der Waals surface area contributed by atoms with Crippen molar-refractivity contribution in [2.45, 2.75) is 37.8 Å². The lowest BCUT2D eigenvalue weighted by Gasteiger charge is -2.15. The monoisotopic (exact) mass is 219 g/mol. The van der Waals surface area contributed by atoms with E-state index in [-0.39, 0.29) is 6.10 Å². The molecule has 2 atom stereocenters. The van der Waals surface area contributed by atoms with Crippen LogP contribution in [-0.2, 0) is 0 Å². The first-order valence-electron chi connectivity index (χ1n) is 5.44. The minimum Gasteiger partial charge on any atom is -0.396 e. The molecule has 0 saturated heterocycles. The second-order valence-corrected chi connectivity index (χ2v) is 4.97. The third-order valence-corrected chi connectivity index (χ3v) is 3.65. The molecule has 0 aromatic rings. The van der Waals surface area contributed by atoms with Gasteiger partial charge >= 0.3 is 0 Å². The highest BCUT2D eigenvalue weighted by Crippen LogP contribution is 2.18. The molecule has 1 fully saturated rings. The minimum absolute atomic E-state index is 0.127. The molecule has 0 aliphatic heterocycles. The second-order valence-electron chi connectivity index (χ2n) is 3.75. The first-order valence-corrected chi connectivity index (χ1v) is 6.60. The molecule has 0 spiro atoms. The molecule has 0 aromatic carbocycles. The third kappa shape index (κ3) is 4.64. The summed E-state index contributed by atoms with van der Waals surface area (Å²) in [7, 11) is 0. The summed E-state index contributed by atoms with van der Waals surface area (Å²) in [5, 5.41) is 21.5. The predicted molar refractivity (Wildman–Crippen MR) is 60.7 cm³/mol. The standard InChI is InChI=1S/C10H21NO2S/c12-6-2-7-14-8-5-11-9-3-1-4-10(9)13/h9-13H,1-8H2/t9-,10-/m0/s1. The average molecular weight is 219 g/mol. The molecule has 3 N–H and O–H groups in total. The Morgan fingerprint density at radius 2 is 2.14 bits per heavy atom. The molecule has 0 aromatic heterocycles. The van der Waals surface area contributed by atoms with E-state index in [0.717, 1.165) is 43.7 Å². The fourth-order valence-electron chi connectivity index (χ4n) is 1.76. The summed E-state index contributed by atoms with van der Waals surface area (Å²) >= 11 is 1.86. The van der Waals surface area contributed by atoms with Gasteiger partial charge in [-0.3, -0.25) is 0 Å². The Bertz CT molecular complexity index is 146. The van der Waals surface area contributed by atoms with Crippen LogP contribution in [-0.4, -0.2) is 47.0 Å². The second kappa shape index (κ2) is 7.51. The minimum atomic E-state index is -0.127. The zero-order valence-corrected chi connectivity index (χ0v) is 9.43. The summed E-state index contributed by atoms with van der Waals surface area (Å²) in [5.74, 6) is 2.11. The van der Waals surface area contributed by atoms with Crippen LogP contribution >= 0.6 is 11.8 Å². The molecule has 1 aliphatic carbocycles. The van der Waals surface area contributed by atoms with Crippen LogP contribution in [0.2, 0.25) is 0 Å². The molecule has 0 radical (unpaired) electrons. The number of aliphatic hydroxyl groups is 2. The van der Waals surface area contributed by atoms with Crippen molar-refractivity contribution in [2.75, 3.05) is 24.7 Å². The van der Waals surface area contributed by atoms with Crippen molar-refractivity contribution in [3.63, 3.8) is 0 Å². The SMILES string of the molecule is OCCCSCCN[C@H]1CCC[C@@H]1O. The molecule has 0 heterocycles. The van der Waals surface area contributed by atoms with Crippen molar-refractivity contribution < 1.29 is 10.2 Å². The summed E-state index contributed by atoms with van der Waals surface area (Å²) in [4.78, 5) is 0. The highest BCUT2D eigenvalue weighted by molar-refractivity contribution is 7.99. The van der Waals surface area contributed by atoms with Gasteiger partial charge < -0.3 is 15.5 Å². The van der Waals surface area contributed by atoms with Gasteiger partial charge in [-0.05, 0) is 31.4 Å². The summed E-state index contributed by atoms with van der Waals surface area (Å²) < 4.78 is 0. The van der Waals surface area contributed by atoms with E-state index in [9.17, 15) is 5.11 Å². The van der Waals surface area contributed by atoms with E-state index in [1.165, 1.54) is 0 Å². The van der Waals surface area contributed by atoms with Crippen molar-refractivity contribution in [1.29, 1.82) is 0 Å². The molecule has 1 aliphatic rings. The molecule has 0 amide bonds. The summed E-state index contributed by atoms with van der Waals surface area (Å²) in [5.41, 5.74) is 0. The van der Waals surface area contributed by atoms with Crippen LogP contribution < -0.4 is 5.32 Å². The van der Waals surface area contributed by atoms with Crippen molar-refractivity contribution in [3.8, 4) is 0 Å². The Morgan fingerprint density at radius 1 is 1.29 bits per heavy atom. The molecule has 0 unspecified atom stereocenters. The van der Waals surface area contributed by atoms with E-state index in [4.69, 9.17) is 5.11 Å². The number of rotatable bonds is 7. The maximum absolute atomic E-state index is 9.53. The first-order chi connectivity index (χ1) is 6.84. The highest BCUT2D eigenvalue weighted by Gasteiger charge is 2.23. The van der Waals surface area contributed by atoms with Gasteiger partial charge in [0.15, 0.2) is 0 Å². The first kappa shape index (κ1) is 12.3. The lowest BCUT2D eigenvalue weighted by atomic mass is 10.2. The van der Waals surface area contributed by atoms with Crippen LogP contribution in [0, 0.1) is 0 Å². The number of hydrogen-bond acceptors (Lipinski definition) is 4. The van der Waals surface area contributed by atoms with E-state index in [1.54, 1.807) is 0 Å². The van der Waals surface area contributed by atoms with E-state index >= 15 is 0 Å². The van der Waals surface area contributed by atoms with E-state index < -0.39 is 0 Å². The van der Waals surface area contributed by atoms with E-state index in [2.05, 4.69) is 5.32 Å². The van der Waals surface area contributed by atoms with Crippen molar-refractivity contribution in [3.05, 3.63) is 0 Å². The van der Waals surface area contributed by atoms with Gasteiger partial charge in [0.05, 0.1) is 6.10 Å². The summed E-state index contributed by atoms with van der Waals surface area (Å²) in [6, 6.07) is 0.327. The smallest absolute Gasteiger partial charge is 0.0693 e. The van der Waals surface area contributed by atoms with Gasteiger partial charge in [0.25, 0.3) is 0 Å². The molecule has 4 heteroatoms. The topological polar surface area (TPSA) is 52.5 Å².